The summed E-state index contributed by atoms with van der Waals surface area (Å²) in [5, 5.41) is 9.57. The van der Waals surface area contributed by atoms with E-state index in [0.29, 0.717) is 12.6 Å². The summed E-state index contributed by atoms with van der Waals surface area (Å²) >= 11 is 1.78. The highest BCUT2D eigenvalue weighted by atomic mass is 32.2. The molecule has 3 rings (SSSR count). The van der Waals surface area contributed by atoms with Crippen LogP contribution in [-0.2, 0) is 13.1 Å². The van der Waals surface area contributed by atoms with Crippen LogP contribution in [0.15, 0.2) is 53.4 Å². The zero-order chi connectivity index (χ0) is 19.8. The van der Waals surface area contributed by atoms with Gasteiger partial charge in [-0.15, -0.1) is 11.8 Å². The summed E-state index contributed by atoms with van der Waals surface area (Å²) in [7, 11) is 0. The van der Waals surface area contributed by atoms with Crippen molar-refractivity contribution in [2.45, 2.75) is 37.4 Å². The first-order valence-corrected chi connectivity index (χ1v) is 11.4. The van der Waals surface area contributed by atoms with Crippen LogP contribution in [-0.4, -0.2) is 60.1 Å². The van der Waals surface area contributed by atoms with Gasteiger partial charge in [-0.1, -0.05) is 24.3 Å². The number of benzene rings is 2. The molecule has 0 radical (unpaired) electrons. The minimum atomic E-state index is 0.237. The van der Waals surface area contributed by atoms with Crippen molar-refractivity contribution in [1.82, 2.24) is 9.80 Å². The quantitative estimate of drug-likeness (QED) is 0.647. The molecule has 1 atom stereocenters. The molecular weight excluding hydrogens is 368 g/mol. The fraction of sp³-hybridized carbons (Fsp3) is 0.478. The van der Waals surface area contributed by atoms with Gasteiger partial charge in [-0.25, -0.2) is 0 Å². The smallest absolute Gasteiger partial charge is 0.119 e. The van der Waals surface area contributed by atoms with Crippen LogP contribution >= 0.6 is 11.8 Å². The van der Waals surface area contributed by atoms with Gasteiger partial charge in [0.2, 0.25) is 0 Å². The van der Waals surface area contributed by atoms with E-state index in [4.69, 9.17) is 4.74 Å². The lowest BCUT2D eigenvalue weighted by molar-refractivity contribution is 0.0499. The lowest BCUT2D eigenvalue weighted by Crippen LogP contribution is -2.52. The maximum absolute atomic E-state index is 9.57. The first-order valence-electron chi connectivity index (χ1n) is 10.1. The Kier molecular flexibility index (Phi) is 8.22. The fourth-order valence-electron chi connectivity index (χ4n) is 3.81. The topological polar surface area (TPSA) is 35.9 Å². The molecule has 0 saturated carbocycles. The first-order chi connectivity index (χ1) is 13.7. The van der Waals surface area contributed by atoms with Gasteiger partial charge in [-0.05, 0) is 55.0 Å². The number of hydrogen-bond donors (Lipinski definition) is 1. The molecule has 4 nitrogen and oxygen atoms in total. The summed E-state index contributed by atoms with van der Waals surface area (Å²) in [5.41, 5.74) is 2.66. The second-order valence-corrected chi connectivity index (χ2v) is 8.18. The molecule has 28 heavy (non-hydrogen) atoms. The van der Waals surface area contributed by atoms with Gasteiger partial charge in [0.05, 0.1) is 6.61 Å². The van der Waals surface area contributed by atoms with Crippen LogP contribution in [0.1, 0.15) is 24.5 Å². The largest absolute Gasteiger partial charge is 0.494 e. The highest BCUT2D eigenvalue weighted by Gasteiger charge is 2.26. The fourth-order valence-corrected chi connectivity index (χ4v) is 4.22. The lowest BCUT2D eigenvalue weighted by Gasteiger charge is -2.41. The number of ether oxygens (including phenoxy) is 1. The van der Waals surface area contributed by atoms with Crippen LogP contribution in [0.2, 0.25) is 0 Å². The Balaban J connectivity index is 1.58. The molecule has 1 fully saturated rings. The molecule has 1 heterocycles. The molecule has 2 aromatic rings. The van der Waals surface area contributed by atoms with Gasteiger partial charge in [0, 0.05) is 50.3 Å². The van der Waals surface area contributed by atoms with Crippen molar-refractivity contribution in [3.05, 3.63) is 59.7 Å². The number of nitrogens with zero attached hydrogens (tertiary/aromatic N) is 2. The van der Waals surface area contributed by atoms with Crippen LogP contribution in [0.4, 0.5) is 0 Å². The maximum atomic E-state index is 9.57. The predicted octanol–water partition coefficient (Wildman–Crippen LogP) is 3.88. The monoisotopic (exact) mass is 400 g/mol. The minimum absolute atomic E-state index is 0.237. The number of thioether (sulfide) groups is 1. The Labute approximate surface area is 173 Å². The van der Waals surface area contributed by atoms with Crippen LogP contribution in [0.3, 0.4) is 0 Å². The van der Waals surface area contributed by atoms with Crippen molar-refractivity contribution < 1.29 is 9.84 Å². The number of piperazine rings is 1. The van der Waals surface area contributed by atoms with E-state index < -0.39 is 0 Å². The summed E-state index contributed by atoms with van der Waals surface area (Å²) in [6.07, 6.45) is 2.93. The van der Waals surface area contributed by atoms with Crippen molar-refractivity contribution in [1.29, 1.82) is 0 Å². The van der Waals surface area contributed by atoms with Gasteiger partial charge in [0.15, 0.2) is 0 Å². The average molecular weight is 401 g/mol. The molecule has 1 unspecified atom stereocenters. The molecule has 1 aliphatic rings. The third kappa shape index (κ3) is 5.98. The van der Waals surface area contributed by atoms with Crippen LogP contribution in [0.5, 0.6) is 5.75 Å². The van der Waals surface area contributed by atoms with E-state index in [-0.39, 0.29) is 6.61 Å². The van der Waals surface area contributed by atoms with Crippen molar-refractivity contribution >= 4 is 11.8 Å². The third-order valence-electron chi connectivity index (χ3n) is 5.34. The highest BCUT2D eigenvalue weighted by Crippen LogP contribution is 2.21. The molecule has 0 amide bonds. The van der Waals surface area contributed by atoms with E-state index in [1.807, 2.05) is 19.1 Å². The summed E-state index contributed by atoms with van der Waals surface area (Å²) < 4.78 is 5.54. The lowest BCUT2D eigenvalue weighted by atomic mass is 10.1. The Bertz CT molecular complexity index is 706. The number of aliphatic hydroxyl groups excluding tert-OH is 1. The zero-order valence-corrected chi connectivity index (χ0v) is 17.8. The zero-order valence-electron chi connectivity index (χ0n) is 17.0. The van der Waals surface area contributed by atoms with Gasteiger partial charge < -0.3 is 9.84 Å². The van der Waals surface area contributed by atoms with Gasteiger partial charge in [0.1, 0.15) is 5.75 Å². The van der Waals surface area contributed by atoms with E-state index in [1.54, 1.807) is 11.8 Å². The molecule has 5 heteroatoms. The number of aliphatic hydroxyl groups is 1. The Morgan fingerprint density at radius 3 is 2.32 bits per heavy atom. The Hall–Kier alpha value is -1.53. The Morgan fingerprint density at radius 2 is 1.68 bits per heavy atom. The molecule has 1 N–H and O–H groups in total. The van der Waals surface area contributed by atoms with Crippen molar-refractivity contribution in [3.8, 4) is 5.75 Å². The van der Waals surface area contributed by atoms with Crippen LogP contribution < -0.4 is 4.74 Å². The number of rotatable bonds is 9. The third-order valence-corrected chi connectivity index (χ3v) is 6.08. The average Bonchev–Trinajstić information content (AvgIpc) is 2.72. The molecule has 2 aromatic carbocycles. The second-order valence-electron chi connectivity index (χ2n) is 7.30. The van der Waals surface area contributed by atoms with E-state index in [0.717, 1.165) is 44.9 Å². The highest BCUT2D eigenvalue weighted by molar-refractivity contribution is 7.98. The van der Waals surface area contributed by atoms with Crippen molar-refractivity contribution in [2.24, 2.45) is 0 Å². The van der Waals surface area contributed by atoms with Gasteiger partial charge in [-0.3, -0.25) is 9.80 Å². The van der Waals surface area contributed by atoms with Gasteiger partial charge in [0.25, 0.3) is 0 Å². The van der Waals surface area contributed by atoms with E-state index in [2.05, 4.69) is 52.5 Å². The molecule has 0 bridgehead atoms. The van der Waals surface area contributed by atoms with Crippen LogP contribution in [0.25, 0.3) is 0 Å². The molecular formula is C23H32N2O2S. The summed E-state index contributed by atoms with van der Waals surface area (Å²) in [4.78, 5) is 6.34. The molecule has 152 valence electrons. The Morgan fingerprint density at radius 1 is 1.00 bits per heavy atom. The molecule has 0 spiro atoms. The minimum Gasteiger partial charge on any atom is -0.494 e. The van der Waals surface area contributed by atoms with E-state index >= 15 is 0 Å². The summed E-state index contributed by atoms with van der Waals surface area (Å²) in [6, 6.07) is 17.7. The molecule has 0 aliphatic carbocycles. The van der Waals surface area contributed by atoms with Crippen molar-refractivity contribution in [3.63, 3.8) is 0 Å². The van der Waals surface area contributed by atoms with Crippen LogP contribution in [0, 0.1) is 0 Å². The SMILES string of the molecule is CCOc1ccc(CN2CCN(Cc3ccc(SC)cc3)CC2CCO)cc1. The summed E-state index contributed by atoms with van der Waals surface area (Å²) in [6.45, 7) is 7.93. The predicted molar refractivity (Wildman–Crippen MR) is 117 cm³/mol. The molecule has 1 saturated heterocycles. The summed E-state index contributed by atoms with van der Waals surface area (Å²) in [5.74, 6) is 0.926. The molecule has 0 aromatic heterocycles. The normalized spacial score (nSPS) is 18.3. The van der Waals surface area contributed by atoms with Gasteiger partial charge in [-0.2, -0.15) is 0 Å². The second kappa shape index (κ2) is 10.9. The standard InChI is InChI=1S/C23H32N2O2S/c1-3-27-22-8-4-20(5-9-22)17-25-14-13-24(18-21(25)12-15-26)16-19-6-10-23(28-2)11-7-19/h4-11,21,26H,3,12-18H2,1-2H3. The van der Waals surface area contributed by atoms with E-state index in [9.17, 15) is 5.11 Å². The number of hydrogen-bond acceptors (Lipinski definition) is 5. The van der Waals surface area contributed by atoms with E-state index in [1.165, 1.54) is 16.0 Å². The maximum Gasteiger partial charge on any atom is 0.119 e. The van der Waals surface area contributed by atoms with Gasteiger partial charge >= 0.3 is 0 Å². The first kappa shape index (κ1) is 21.2. The molecule has 1 aliphatic heterocycles. The van der Waals surface area contributed by atoms with Crippen molar-refractivity contribution in [2.75, 3.05) is 39.1 Å².